The highest BCUT2D eigenvalue weighted by molar-refractivity contribution is 7.89. The average Bonchev–Trinajstić information content (AvgIpc) is 2.61. The van der Waals surface area contributed by atoms with E-state index < -0.39 is 15.8 Å². The van der Waals surface area contributed by atoms with Gasteiger partial charge in [0.15, 0.2) is 5.82 Å². The summed E-state index contributed by atoms with van der Waals surface area (Å²) in [7, 11) is -3.80. The molecule has 0 aliphatic carbocycles. The van der Waals surface area contributed by atoms with Gasteiger partial charge in [0.25, 0.3) is 5.88 Å². The Morgan fingerprint density at radius 1 is 1.30 bits per heavy atom. The Kier molecular flexibility index (Phi) is 5.91. The topological polar surface area (TPSA) is 84.4 Å². The van der Waals surface area contributed by atoms with Crippen molar-refractivity contribution in [3.8, 4) is 5.88 Å². The van der Waals surface area contributed by atoms with Crippen LogP contribution in [0.2, 0.25) is 0 Å². The van der Waals surface area contributed by atoms with Crippen molar-refractivity contribution in [1.82, 2.24) is 14.7 Å². The summed E-state index contributed by atoms with van der Waals surface area (Å²) in [5.74, 6) is 0.445. The van der Waals surface area contributed by atoms with Crippen LogP contribution < -0.4 is 14.4 Å². The molecule has 1 fully saturated rings. The standard InChI is InChI=1S/C18H23FN4O3S/c1-13(2)26-18-17(20-8-9-21-18)23-10-4-6-15(12-23)22-27(24,25)16-7-3-5-14(19)11-16/h3,5,7-9,11,13,15,22H,4,6,10,12H2,1-2H3. The van der Waals surface area contributed by atoms with E-state index in [1.165, 1.54) is 18.2 Å². The molecule has 0 saturated carbocycles. The van der Waals surface area contributed by atoms with E-state index in [9.17, 15) is 12.8 Å². The zero-order valence-electron chi connectivity index (χ0n) is 15.3. The van der Waals surface area contributed by atoms with Gasteiger partial charge in [-0.2, -0.15) is 0 Å². The average molecular weight is 394 g/mol. The summed E-state index contributed by atoms with van der Waals surface area (Å²) in [6.07, 6.45) is 4.57. The van der Waals surface area contributed by atoms with Crippen LogP contribution in [0, 0.1) is 5.82 Å². The summed E-state index contributed by atoms with van der Waals surface area (Å²) < 4.78 is 46.9. The minimum absolute atomic E-state index is 0.0486. The van der Waals surface area contributed by atoms with Crippen molar-refractivity contribution in [2.75, 3.05) is 18.0 Å². The van der Waals surface area contributed by atoms with Crippen LogP contribution in [-0.4, -0.2) is 43.6 Å². The van der Waals surface area contributed by atoms with Crippen molar-refractivity contribution in [3.63, 3.8) is 0 Å². The van der Waals surface area contributed by atoms with Gasteiger partial charge < -0.3 is 9.64 Å². The molecule has 146 valence electrons. The monoisotopic (exact) mass is 394 g/mol. The Labute approximate surface area is 158 Å². The third kappa shape index (κ3) is 4.92. The lowest BCUT2D eigenvalue weighted by molar-refractivity contribution is 0.231. The number of anilines is 1. The van der Waals surface area contributed by atoms with Gasteiger partial charge in [-0.25, -0.2) is 27.5 Å². The Morgan fingerprint density at radius 3 is 2.81 bits per heavy atom. The number of sulfonamides is 1. The smallest absolute Gasteiger partial charge is 0.257 e. The molecule has 0 spiro atoms. The van der Waals surface area contributed by atoms with Crippen LogP contribution in [0.3, 0.4) is 0 Å². The summed E-state index contributed by atoms with van der Waals surface area (Å²) in [4.78, 5) is 10.5. The van der Waals surface area contributed by atoms with Gasteiger partial charge in [0, 0.05) is 31.5 Å². The van der Waals surface area contributed by atoms with Crippen molar-refractivity contribution in [1.29, 1.82) is 0 Å². The molecule has 2 aromatic rings. The van der Waals surface area contributed by atoms with Gasteiger partial charge in [-0.15, -0.1) is 0 Å². The molecule has 7 nitrogen and oxygen atoms in total. The summed E-state index contributed by atoms with van der Waals surface area (Å²) in [6, 6.07) is 4.67. The van der Waals surface area contributed by atoms with Gasteiger partial charge in [-0.05, 0) is 44.9 Å². The summed E-state index contributed by atoms with van der Waals surface area (Å²) in [5.41, 5.74) is 0. The summed E-state index contributed by atoms with van der Waals surface area (Å²) in [5, 5.41) is 0. The lowest BCUT2D eigenvalue weighted by Crippen LogP contribution is -2.48. The molecule has 3 rings (SSSR count). The van der Waals surface area contributed by atoms with E-state index in [1.807, 2.05) is 18.7 Å². The number of ether oxygens (including phenoxy) is 1. The first-order chi connectivity index (χ1) is 12.8. The number of hydrogen-bond acceptors (Lipinski definition) is 6. The van der Waals surface area contributed by atoms with Gasteiger partial charge in [0.05, 0.1) is 11.0 Å². The predicted molar refractivity (Wildman–Crippen MR) is 99.8 cm³/mol. The fourth-order valence-corrected chi connectivity index (χ4v) is 4.32. The Balaban J connectivity index is 1.75. The highest BCUT2D eigenvalue weighted by Gasteiger charge is 2.28. The molecular formula is C18H23FN4O3S. The second kappa shape index (κ2) is 8.18. The number of benzene rings is 1. The molecule has 0 bridgehead atoms. The van der Waals surface area contributed by atoms with Crippen molar-refractivity contribution >= 4 is 15.8 Å². The SMILES string of the molecule is CC(C)Oc1nccnc1N1CCCC(NS(=O)(=O)c2cccc(F)c2)C1. The molecule has 1 aliphatic heterocycles. The largest absolute Gasteiger partial charge is 0.472 e. The van der Waals surface area contributed by atoms with Crippen LogP contribution in [0.1, 0.15) is 26.7 Å². The van der Waals surface area contributed by atoms with Gasteiger partial charge >= 0.3 is 0 Å². The first-order valence-electron chi connectivity index (χ1n) is 8.85. The molecule has 9 heteroatoms. The quantitative estimate of drug-likeness (QED) is 0.810. The molecule has 0 amide bonds. The maximum atomic E-state index is 13.4. The van der Waals surface area contributed by atoms with E-state index in [-0.39, 0.29) is 17.0 Å². The number of hydrogen-bond donors (Lipinski definition) is 1. The van der Waals surface area contributed by atoms with E-state index in [0.29, 0.717) is 24.7 Å². The number of nitrogens with one attached hydrogen (secondary N) is 1. The zero-order chi connectivity index (χ0) is 19.4. The first-order valence-corrected chi connectivity index (χ1v) is 10.3. The molecule has 27 heavy (non-hydrogen) atoms. The normalized spacial score (nSPS) is 17.9. The van der Waals surface area contributed by atoms with Crippen molar-refractivity contribution in [3.05, 3.63) is 42.5 Å². The van der Waals surface area contributed by atoms with Crippen molar-refractivity contribution in [2.45, 2.75) is 43.7 Å². The number of halogens is 1. The highest BCUT2D eigenvalue weighted by atomic mass is 32.2. The molecule has 1 aromatic heterocycles. The Bertz CT molecular complexity index is 892. The summed E-state index contributed by atoms with van der Waals surface area (Å²) >= 11 is 0. The molecule has 1 atom stereocenters. The molecule has 2 heterocycles. The lowest BCUT2D eigenvalue weighted by atomic mass is 10.1. The molecule has 1 aliphatic rings. The minimum atomic E-state index is -3.80. The minimum Gasteiger partial charge on any atom is -0.472 e. The fraction of sp³-hybridized carbons (Fsp3) is 0.444. The van der Waals surface area contributed by atoms with Gasteiger partial charge in [-0.1, -0.05) is 6.07 Å². The van der Waals surface area contributed by atoms with Crippen LogP contribution in [0.15, 0.2) is 41.6 Å². The van der Waals surface area contributed by atoms with Crippen LogP contribution in [-0.2, 0) is 10.0 Å². The number of nitrogens with zero attached hydrogens (tertiary/aromatic N) is 3. The van der Waals surface area contributed by atoms with Crippen molar-refractivity contribution < 1.29 is 17.5 Å². The fourth-order valence-electron chi connectivity index (χ4n) is 3.03. The van der Waals surface area contributed by atoms with E-state index in [0.717, 1.165) is 19.0 Å². The van der Waals surface area contributed by atoms with Crippen LogP contribution in [0.5, 0.6) is 5.88 Å². The molecule has 1 aromatic carbocycles. The zero-order valence-corrected chi connectivity index (χ0v) is 16.1. The predicted octanol–water partition coefficient (Wildman–Crippen LogP) is 2.35. The molecule has 1 N–H and O–H groups in total. The Hall–Kier alpha value is -2.26. The maximum absolute atomic E-state index is 13.4. The second-order valence-corrected chi connectivity index (χ2v) is 8.43. The first kappa shape index (κ1) is 19.5. The van der Waals surface area contributed by atoms with Gasteiger partial charge in [0.1, 0.15) is 5.82 Å². The van der Waals surface area contributed by atoms with Crippen molar-refractivity contribution in [2.24, 2.45) is 0 Å². The lowest BCUT2D eigenvalue weighted by Gasteiger charge is -2.34. The molecular weight excluding hydrogens is 371 g/mol. The maximum Gasteiger partial charge on any atom is 0.257 e. The molecule has 1 saturated heterocycles. The molecule has 0 radical (unpaired) electrons. The van der Waals surface area contributed by atoms with Crippen LogP contribution >= 0.6 is 0 Å². The van der Waals surface area contributed by atoms with E-state index in [4.69, 9.17) is 4.74 Å². The van der Waals surface area contributed by atoms with Crippen LogP contribution in [0.25, 0.3) is 0 Å². The van der Waals surface area contributed by atoms with E-state index >= 15 is 0 Å². The highest BCUT2D eigenvalue weighted by Crippen LogP contribution is 2.27. The van der Waals surface area contributed by atoms with Gasteiger partial charge in [0.2, 0.25) is 10.0 Å². The number of rotatable bonds is 6. The van der Waals surface area contributed by atoms with E-state index in [1.54, 1.807) is 12.4 Å². The number of piperidine rings is 1. The van der Waals surface area contributed by atoms with E-state index in [2.05, 4.69) is 14.7 Å². The third-order valence-corrected chi connectivity index (χ3v) is 5.66. The second-order valence-electron chi connectivity index (χ2n) is 6.72. The molecule has 1 unspecified atom stereocenters. The Morgan fingerprint density at radius 2 is 2.07 bits per heavy atom. The number of aromatic nitrogens is 2. The third-order valence-electron chi connectivity index (χ3n) is 4.14. The summed E-state index contributed by atoms with van der Waals surface area (Å²) in [6.45, 7) is 4.97. The van der Waals surface area contributed by atoms with Gasteiger partial charge in [-0.3, -0.25) is 0 Å². The van der Waals surface area contributed by atoms with Crippen LogP contribution in [0.4, 0.5) is 10.2 Å².